The van der Waals surface area contributed by atoms with Crippen LogP contribution in [0.15, 0.2) is 24.5 Å². The van der Waals surface area contributed by atoms with Gasteiger partial charge in [0.15, 0.2) is 0 Å². The molecule has 1 atom stereocenters. The summed E-state index contributed by atoms with van der Waals surface area (Å²) < 4.78 is 10.5. The molecular formula is C19H23ClN4O3. The van der Waals surface area contributed by atoms with Gasteiger partial charge in [0.25, 0.3) is 5.91 Å². The van der Waals surface area contributed by atoms with E-state index in [9.17, 15) is 4.79 Å². The topological polar surface area (TPSA) is 76.6 Å². The SMILES string of the molecule is COc1cc(NC(=O)c2cnc(N3CCCC(C)C3)nc2)c(OC)cc1Cl. The molecule has 0 saturated carbocycles. The second kappa shape index (κ2) is 8.43. The molecule has 3 rings (SSSR count). The minimum Gasteiger partial charge on any atom is -0.495 e. The quantitative estimate of drug-likeness (QED) is 0.839. The predicted molar refractivity (Wildman–Crippen MR) is 105 cm³/mol. The lowest BCUT2D eigenvalue weighted by atomic mass is 10.0. The van der Waals surface area contributed by atoms with Crippen molar-refractivity contribution in [1.82, 2.24) is 9.97 Å². The molecule has 27 heavy (non-hydrogen) atoms. The van der Waals surface area contributed by atoms with Crippen molar-refractivity contribution in [3.05, 3.63) is 35.1 Å². The van der Waals surface area contributed by atoms with Gasteiger partial charge in [-0.05, 0) is 18.8 Å². The average Bonchev–Trinajstić information content (AvgIpc) is 2.69. The Labute approximate surface area is 163 Å². The van der Waals surface area contributed by atoms with E-state index in [1.807, 2.05) is 0 Å². The van der Waals surface area contributed by atoms with E-state index in [2.05, 4.69) is 27.1 Å². The minimum absolute atomic E-state index is 0.337. The van der Waals surface area contributed by atoms with Crippen LogP contribution in [0.5, 0.6) is 11.5 Å². The summed E-state index contributed by atoms with van der Waals surface area (Å²) in [5.74, 6) is 1.82. The zero-order valence-electron chi connectivity index (χ0n) is 15.7. The van der Waals surface area contributed by atoms with E-state index in [1.165, 1.54) is 33.0 Å². The Morgan fingerprint density at radius 1 is 1.22 bits per heavy atom. The largest absolute Gasteiger partial charge is 0.495 e. The average molecular weight is 391 g/mol. The second-order valence-corrected chi connectivity index (χ2v) is 7.01. The first-order chi connectivity index (χ1) is 13.0. The summed E-state index contributed by atoms with van der Waals surface area (Å²) in [6.45, 7) is 4.10. The molecule has 1 aromatic heterocycles. The monoisotopic (exact) mass is 390 g/mol. The fraction of sp³-hybridized carbons (Fsp3) is 0.421. The number of amides is 1. The van der Waals surface area contributed by atoms with Gasteiger partial charge in [-0.2, -0.15) is 0 Å². The maximum atomic E-state index is 12.6. The lowest BCUT2D eigenvalue weighted by Gasteiger charge is -2.30. The van der Waals surface area contributed by atoms with E-state index in [1.54, 1.807) is 12.1 Å². The number of carbonyl (C=O) groups excluding carboxylic acids is 1. The first kappa shape index (κ1) is 19.2. The number of hydrogen-bond donors (Lipinski definition) is 1. The van der Waals surface area contributed by atoms with Crippen molar-refractivity contribution in [2.45, 2.75) is 19.8 Å². The van der Waals surface area contributed by atoms with Crippen molar-refractivity contribution in [2.24, 2.45) is 5.92 Å². The number of anilines is 2. The third-order valence-corrected chi connectivity index (χ3v) is 4.86. The highest BCUT2D eigenvalue weighted by Gasteiger charge is 2.19. The zero-order chi connectivity index (χ0) is 19.4. The summed E-state index contributed by atoms with van der Waals surface area (Å²) in [6, 6.07) is 3.20. The van der Waals surface area contributed by atoms with Gasteiger partial charge in [0.1, 0.15) is 11.5 Å². The maximum absolute atomic E-state index is 12.6. The van der Waals surface area contributed by atoms with Crippen molar-refractivity contribution in [3.8, 4) is 11.5 Å². The molecule has 0 radical (unpaired) electrons. The zero-order valence-corrected chi connectivity index (χ0v) is 16.4. The van der Waals surface area contributed by atoms with E-state index in [-0.39, 0.29) is 5.91 Å². The molecule has 7 nitrogen and oxygen atoms in total. The minimum atomic E-state index is -0.337. The molecule has 1 N–H and O–H groups in total. The number of carbonyl (C=O) groups is 1. The molecule has 8 heteroatoms. The van der Waals surface area contributed by atoms with Crippen LogP contribution in [0.3, 0.4) is 0 Å². The number of halogens is 1. The highest BCUT2D eigenvalue weighted by molar-refractivity contribution is 6.32. The summed E-state index contributed by atoms with van der Waals surface area (Å²) in [5.41, 5.74) is 0.817. The van der Waals surface area contributed by atoms with E-state index < -0.39 is 0 Å². The first-order valence-corrected chi connectivity index (χ1v) is 9.19. The smallest absolute Gasteiger partial charge is 0.258 e. The van der Waals surface area contributed by atoms with E-state index in [4.69, 9.17) is 21.1 Å². The number of ether oxygens (including phenoxy) is 2. The Bertz CT molecular complexity index is 813. The van der Waals surface area contributed by atoms with Crippen LogP contribution < -0.4 is 19.7 Å². The Balaban J connectivity index is 1.75. The molecule has 1 aliphatic heterocycles. The van der Waals surface area contributed by atoms with Crippen molar-refractivity contribution in [1.29, 1.82) is 0 Å². The van der Waals surface area contributed by atoms with Gasteiger partial charge in [-0.3, -0.25) is 4.79 Å². The van der Waals surface area contributed by atoms with Crippen molar-refractivity contribution in [3.63, 3.8) is 0 Å². The molecule has 1 amide bonds. The molecule has 1 aromatic carbocycles. The number of methoxy groups -OCH3 is 2. The molecule has 0 spiro atoms. The van der Waals surface area contributed by atoms with Crippen LogP contribution in [0, 0.1) is 5.92 Å². The molecule has 1 saturated heterocycles. The van der Waals surface area contributed by atoms with Crippen LogP contribution in [0.25, 0.3) is 0 Å². The fourth-order valence-corrected chi connectivity index (χ4v) is 3.36. The molecular weight excluding hydrogens is 368 g/mol. The van der Waals surface area contributed by atoms with Crippen LogP contribution in [0.4, 0.5) is 11.6 Å². The number of rotatable bonds is 5. The van der Waals surface area contributed by atoms with Crippen LogP contribution in [-0.2, 0) is 0 Å². The predicted octanol–water partition coefficient (Wildman–Crippen LogP) is 3.64. The Hall–Kier alpha value is -2.54. The highest BCUT2D eigenvalue weighted by Crippen LogP contribution is 2.36. The van der Waals surface area contributed by atoms with Gasteiger partial charge in [0, 0.05) is 37.6 Å². The third kappa shape index (κ3) is 4.42. The summed E-state index contributed by atoms with van der Waals surface area (Å²) in [4.78, 5) is 23.5. The van der Waals surface area contributed by atoms with Crippen molar-refractivity contribution in [2.75, 3.05) is 37.5 Å². The Morgan fingerprint density at radius 3 is 2.56 bits per heavy atom. The Morgan fingerprint density at radius 2 is 1.93 bits per heavy atom. The van der Waals surface area contributed by atoms with Crippen molar-refractivity contribution >= 4 is 29.1 Å². The van der Waals surface area contributed by atoms with Crippen LogP contribution >= 0.6 is 11.6 Å². The molecule has 0 bridgehead atoms. The summed E-state index contributed by atoms with van der Waals surface area (Å²) in [6.07, 6.45) is 5.43. The fourth-order valence-electron chi connectivity index (χ4n) is 3.13. The summed E-state index contributed by atoms with van der Waals surface area (Å²) in [7, 11) is 3.01. The summed E-state index contributed by atoms with van der Waals surface area (Å²) >= 11 is 6.09. The molecule has 1 fully saturated rings. The van der Waals surface area contributed by atoms with Gasteiger partial charge < -0.3 is 19.7 Å². The lowest BCUT2D eigenvalue weighted by molar-refractivity contribution is 0.102. The number of piperidine rings is 1. The van der Waals surface area contributed by atoms with Gasteiger partial charge in [-0.1, -0.05) is 18.5 Å². The van der Waals surface area contributed by atoms with Gasteiger partial charge in [-0.15, -0.1) is 0 Å². The van der Waals surface area contributed by atoms with E-state index >= 15 is 0 Å². The first-order valence-electron chi connectivity index (χ1n) is 8.81. The van der Waals surface area contributed by atoms with Crippen LogP contribution in [0.1, 0.15) is 30.1 Å². The van der Waals surface area contributed by atoms with E-state index in [0.717, 1.165) is 19.5 Å². The lowest BCUT2D eigenvalue weighted by Crippen LogP contribution is -2.35. The van der Waals surface area contributed by atoms with E-state index in [0.29, 0.717) is 39.6 Å². The molecule has 2 aromatic rings. The van der Waals surface area contributed by atoms with Gasteiger partial charge in [0.2, 0.25) is 5.95 Å². The number of benzene rings is 1. The standard InChI is InChI=1S/C19H23ClN4O3/c1-12-5-4-6-24(11-12)19-21-9-13(10-22-19)18(25)23-15-8-16(26-2)14(20)7-17(15)27-3/h7-10,12H,4-6,11H2,1-3H3,(H,23,25). The molecule has 1 aliphatic rings. The Kier molecular flexibility index (Phi) is 6.01. The number of nitrogens with zero attached hydrogens (tertiary/aromatic N) is 3. The molecule has 2 heterocycles. The normalized spacial score (nSPS) is 16.7. The number of nitrogens with one attached hydrogen (secondary N) is 1. The van der Waals surface area contributed by atoms with Gasteiger partial charge in [0.05, 0.1) is 30.5 Å². The molecule has 144 valence electrons. The maximum Gasteiger partial charge on any atom is 0.258 e. The second-order valence-electron chi connectivity index (χ2n) is 6.61. The van der Waals surface area contributed by atoms with Gasteiger partial charge >= 0.3 is 0 Å². The van der Waals surface area contributed by atoms with Crippen molar-refractivity contribution < 1.29 is 14.3 Å². The van der Waals surface area contributed by atoms with Crippen LogP contribution in [-0.4, -0.2) is 43.2 Å². The van der Waals surface area contributed by atoms with Crippen LogP contribution in [0.2, 0.25) is 5.02 Å². The number of hydrogen-bond acceptors (Lipinski definition) is 6. The summed E-state index contributed by atoms with van der Waals surface area (Å²) in [5, 5.41) is 3.19. The highest BCUT2D eigenvalue weighted by atomic mass is 35.5. The van der Waals surface area contributed by atoms with Gasteiger partial charge in [-0.25, -0.2) is 9.97 Å². The third-order valence-electron chi connectivity index (χ3n) is 4.56. The molecule has 0 aliphatic carbocycles. The number of aromatic nitrogens is 2. The molecule has 1 unspecified atom stereocenters.